The summed E-state index contributed by atoms with van der Waals surface area (Å²) in [6.07, 6.45) is 2.40. The van der Waals surface area contributed by atoms with Crippen molar-refractivity contribution in [3.63, 3.8) is 0 Å². The monoisotopic (exact) mass is 430 g/mol. The number of carboxylic acid groups (broad SMARTS) is 1. The maximum Gasteiger partial charge on any atom is 0.129 e. The number of nitriles is 1. The minimum absolute atomic E-state index is 0.520. The van der Waals surface area contributed by atoms with Gasteiger partial charge in [-0.3, -0.25) is 4.90 Å². The maximum atomic E-state index is 12.0. The molecule has 0 radical (unpaired) electrons. The highest BCUT2D eigenvalue weighted by Gasteiger charge is 2.17. The SMILES string of the molecule is C[Si](C)(C)C#Cc1cc(CN2CCCC2)cc(C(Nc2ccc(C#N)cc2)C(=O)[O-])c1. The lowest BCUT2D eigenvalue weighted by molar-refractivity contribution is -0.307. The highest BCUT2D eigenvalue weighted by molar-refractivity contribution is 6.83. The van der Waals surface area contributed by atoms with Crippen LogP contribution in [-0.4, -0.2) is 32.0 Å². The summed E-state index contributed by atoms with van der Waals surface area (Å²) < 4.78 is 0. The predicted octanol–water partition coefficient (Wildman–Crippen LogP) is 3.29. The molecule has 2 aromatic carbocycles. The van der Waals surface area contributed by atoms with Gasteiger partial charge >= 0.3 is 0 Å². The second kappa shape index (κ2) is 9.83. The molecule has 2 aromatic rings. The summed E-state index contributed by atoms with van der Waals surface area (Å²) in [5.41, 5.74) is 7.04. The van der Waals surface area contributed by atoms with E-state index in [0.29, 0.717) is 16.8 Å². The van der Waals surface area contributed by atoms with Gasteiger partial charge in [-0.05, 0) is 73.5 Å². The van der Waals surface area contributed by atoms with Crippen molar-refractivity contribution in [3.8, 4) is 17.5 Å². The van der Waals surface area contributed by atoms with E-state index in [-0.39, 0.29) is 0 Å². The Morgan fingerprint density at radius 3 is 2.39 bits per heavy atom. The van der Waals surface area contributed by atoms with Crippen molar-refractivity contribution in [2.45, 2.75) is 45.1 Å². The fraction of sp³-hybridized carbons (Fsp3) is 0.360. The molecule has 6 heteroatoms. The number of nitrogens with zero attached hydrogens (tertiary/aromatic N) is 2. The molecule has 0 aromatic heterocycles. The topological polar surface area (TPSA) is 79.2 Å². The minimum Gasteiger partial charge on any atom is -0.548 e. The third-order valence-electron chi connectivity index (χ3n) is 5.10. The van der Waals surface area contributed by atoms with Gasteiger partial charge in [0.05, 0.1) is 23.6 Å². The molecule has 3 rings (SSSR count). The van der Waals surface area contributed by atoms with Crippen LogP contribution >= 0.6 is 0 Å². The molecule has 1 aliphatic rings. The number of hydrogen-bond donors (Lipinski definition) is 1. The summed E-state index contributed by atoms with van der Waals surface area (Å²) >= 11 is 0. The van der Waals surface area contributed by atoms with E-state index in [1.165, 1.54) is 12.8 Å². The number of likely N-dealkylation sites (tertiary alicyclic amines) is 1. The molecule has 0 saturated carbocycles. The van der Waals surface area contributed by atoms with Gasteiger partial charge in [0.1, 0.15) is 8.07 Å². The van der Waals surface area contributed by atoms with Gasteiger partial charge in [0, 0.05) is 17.8 Å². The molecule has 0 spiro atoms. The van der Waals surface area contributed by atoms with E-state index < -0.39 is 20.1 Å². The number of hydrogen-bond acceptors (Lipinski definition) is 5. The van der Waals surface area contributed by atoms with Gasteiger partial charge in [-0.1, -0.05) is 31.6 Å². The summed E-state index contributed by atoms with van der Waals surface area (Å²) in [5.74, 6) is 2.08. The van der Waals surface area contributed by atoms with Crippen molar-refractivity contribution in [2.24, 2.45) is 0 Å². The molecular formula is C25H28N3O2Si-. The van der Waals surface area contributed by atoms with Gasteiger partial charge in [0.25, 0.3) is 0 Å². The lowest BCUT2D eigenvalue weighted by atomic mass is 9.99. The molecule has 1 atom stereocenters. The Hall–Kier alpha value is -3.06. The smallest absolute Gasteiger partial charge is 0.129 e. The Labute approximate surface area is 185 Å². The van der Waals surface area contributed by atoms with Gasteiger partial charge < -0.3 is 15.2 Å². The van der Waals surface area contributed by atoms with Crippen LogP contribution in [0.2, 0.25) is 19.6 Å². The molecule has 0 bridgehead atoms. The molecular weight excluding hydrogens is 402 g/mol. The molecule has 0 aliphatic carbocycles. The van der Waals surface area contributed by atoms with Crippen LogP contribution in [0.1, 0.15) is 41.1 Å². The van der Waals surface area contributed by atoms with E-state index in [1.807, 2.05) is 12.1 Å². The van der Waals surface area contributed by atoms with Crippen molar-refractivity contribution in [3.05, 3.63) is 64.7 Å². The Morgan fingerprint density at radius 1 is 1.13 bits per heavy atom. The lowest BCUT2D eigenvalue weighted by Crippen LogP contribution is -2.34. The van der Waals surface area contributed by atoms with Crippen LogP contribution in [-0.2, 0) is 11.3 Å². The van der Waals surface area contributed by atoms with Crippen LogP contribution in [0.15, 0.2) is 42.5 Å². The van der Waals surface area contributed by atoms with Gasteiger partial charge in [-0.15, -0.1) is 5.54 Å². The zero-order valence-electron chi connectivity index (χ0n) is 18.4. The lowest BCUT2D eigenvalue weighted by Gasteiger charge is -2.23. The van der Waals surface area contributed by atoms with E-state index in [9.17, 15) is 9.90 Å². The molecule has 0 amide bonds. The van der Waals surface area contributed by atoms with Gasteiger partial charge in [0.2, 0.25) is 0 Å². The molecule has 31 heavy (non-hydrogen) atoms. The van der Waals surface area contributed by atoms with E-state index in [0.717, 1.165) is 30.8 Å². The van der Waals surface area contributed by atoms with Crippen LogP contribution in [0, 0.1) is 22.8 Å². The van der Waals surface area contributed by atoms with E-state index in [2.05, 4.69) is 53.5 Å². The molecule has 1 saturated heterocycles. The molecule has 5 nitrogen and oxygen atoms in total. The zero-order chi connectivity index (χ0) is 22.4. The standard InChI is InChI=1S/C25H29N3O2Si/c1-31(2,3)13-10-20-14-21(18-28-11-4-5-12-28)16-22(15-20)24(25(29)30)27-23-8-6-19(17-26)7-9-23/h6-9,14-16,24,27H,4-5,11-12,18H2,1-3H3,(H,29,30)/p-1. The van der Waals surface area contributed by atoms with Gasteiger partial charge in [-0.2, -0.15) is 5.26 Å². The fourth-order valence-corrected chi connectivity index (χ4v) is 4.11. The molecule has 1 aliphatic heterocycles. The largest absolute Gasteiger partial charge is 0.548 e. The first kappa shape index (κ1) is 22.6. The van der Waals surface area contributed by atoms with Crippen molar-refractivity contribution >= 4 is 19.7 Å². The first-order valence-electron chi connectivity index (χ1n) is 10.6. The van der Waals surface area contributed by atoms with Crippen molar-refractivity contribution in [2.75, 3.05) is 18.4 Å². The molecule has 1 fully saturated rings. The maximum absolute atomic E-state index is 12.0. The average Bonchev–Trinajstić information content (AvgIpc) is 3.23. The predicted molar refractivity (Wildman–Crippen MR) is 124 cm³/mol. The van der Waals surface area contributed by atoms with Gasteiger partial charge in [0.15, 0.2) is 0 Å². The molecule has 1 N–H and O–H groups in total. The summed E-state index contributed by atoms with van der Waals surface area (Å²) in [6, 6.07) is 13.6. The molecule has 1 unspecified atom stereocenters. The average molecular weight is 431 g/mol. The first-order chi connectivity index (χ1) is 14.7. The highest BCUT2D eigenvalue weighted by atomic mass is 28.3. The van der Waals surface area contributed by atoms with E-state index >= 15 is 0 Å². The number of benzene rings is 2. The second-order valence-electron chi connectivity index (χ2n) is 9.03. The Morgan fingerprint density at radius 2 is 1.81 bits per heavy atom. The number of carbonyl (C=O) groups is 1. The van der Waals surface area contributed by atoms with E-state index in [1.54, 1.807) is 24.3 Å². The Balaban J connectivity index is 1.96. The molecule has 160 valence electrons. The number of anilines is 1. The normalized spacial score (nSPS) is 14.9. The second-order valence-corrected chi connectivity index (χ2v) is 13.8. The first-order valence-corrected chi connectivity index (χ1v) is 14.1. The molecule has 1 heterocycles. The fourth-order valence-electron chi connectivity index (χ4n) is 3.59. The quantitative estimate of drug-likeness (QED) is 0.562. The Bertz CT molecular complexity index is 1030. The van der Waals surface area contributed by atoms with Crippen molar-refractivity contribution in [1.82, 2.24) is 4.90 Å². The highest BCUT2D eigenvalue weighted by Crippen LogP contribution is 2.24. The van der Waals surface area contributed by atoms with Crippen molar-refractivity contribution < 1.29 is 9.90 Å². The van der Waals surface area contributed by atoms with Crippen LogP contribution in [0.25, 0.3) is 0 Å². The van der Waals surface area contributed by atoms with Crippen LogP contribution < -0.4 is 10.4 Å². The van der Waals surface area contributed by atoms with Crippen molar-refractivity contribution in [1.29, 1.82) is 5.26 Å². The summed E-state index contributed by atoms with van der Waals surface area (Å²) in [7, 11) is -1.57. The van der Waals surface area contributed by atoms with Crippen LogP contribution in [0.5, 0.6) is 0 Å². The Kier molecular flexibility index (Phi) is 7.17. The number of nitrogens with one attached hydrogen (secondary N) is 1. The summed E-state index contributed by atoms with van der Waals surface area (Å²) in [5, 5.41) is 24.1. The number of carbonyl (C=O) groups excluding carboxylic acids is 1. The zero-order valence-corrected chi connectivity index (χ0v) is 19.4. The summed E-state index contributed by atoms with van der Waals surface area (Å²) in [6.45, 7) is 9.47. The minimum atomic E-state index is -1.57. The van der Waals surface area contributed by atoms with Crippen LogP contribution in [0.4, 0.5) is 5.69 Å². The van der Waals surface area contributed by atoms with E-state index in [4.69, 9.17) is 5.26 Å². The van der Waals surface area contributed by atoms with Crippen LogP contribution in [0.3, 0.4) is 0 Å². The summed E-state index contributed by atoms with van der Waals surface area (Å²) in [4.78, 5) is 14.4. The third-order valence-corrected chi connectivity index (χ3v) is 5.97. The number of aliphatic carboxylic acids is 1. The van der Waals surface area contributed by atoms with Gasteiger partial charge in [-0.25, -0.2) is 0 Å². The number of carboxylic acids is 1. The number of rotatable bonds is 6. The third kappa shape index (κ3) is 6.72.